The van der Waals surface area contributed by atoms with Crippen molar-refractivity contribution in [1.82, 2.24) is 14.5 Å². The van der Waals surface area contributed by atoms with Crippen LogP contribution >= 0.6 is 0 Å². The number of amides is 2. The zero-order valence-electron chi connectivity index (χ0n) is 14.1. The molecule has 0 radical (unpaired) electrons. The van der Waals surface area contributed by atoms with Crippen LogP contribution in [-0.4, -0.2) is 56.9 Å². The molecule has 1 aromatic heterocycles. The third kappa shape index (κ3) is 3.61. The van der Waals surface area contributed by atoms with Crippen LogP contribution in [0.25, 0.3) is 11.3 Å². The third-order valence-electron chi connectivity index (χ3n) is 4.28. The number of hydrogen-bond acceptors (Lipinski definition) is 4. The Bertz CT molecular complexity index is 838. The summed E-state index contributed by atoms with van der Waals surface area (Å²) in [5.74, 6) is -0.523. The summed E-state index contributed by atoms with van der Waals surface area (Å²) >= 11 is 0. The lowest BCUT2D eigenvalue weighted by Gasteiger charge is -2.33. The molecule has 3 N–H and O–H groups in total. The highest BCUT2D eigenvalue weighted by Gasteiger charge is 2.33. The standard InChI is InChI=1S/C17H19FN4O4/c1-21-8-13(20-9-21)10-2-3-14(11(6-10)16(19)23)26-15-4-5-22(17(24)25)7-12(15)18/h2-3,6,8-9,12,15H,4-5,7H2,1H3,(H2,19,23)(H,24,25)/t12-,15-/m0/s1. The average molecular weight is 362 g/mol. The topological polar surface area (TPSA) is 111 Å². The van der Waals surface area contributed by atoms with Crippen molar-refractivity contribution in [2.75, 3.05) is 13.1 Å². The van der Waals surface area contributed by atoms with E-state index in [1.165, 1.54) is 0 Å². The summed E-state index contributed by atoms with van der Waals surface area (Å²) in [6.45, 7) is -0.101. The van der Waals surface area contributed by atoms with Gasteiger partial charge in [0.15, 0.2) is 6.17 Å². The molecule has 1 saturated heterocycles. The molecule has 3 rings (SSSR count). The highest BCUT2D eigenvalue weighted by molar-refractivity contribution is 5.97. The monoisotopic (exact) mass is 362 g/mol. The van der Waals surface area contributed by atoms with Crippen molar-refractivity contribution in [3.05, 3.63) is 36.3 Å². The Balaban J connectivity index is 1.81. The summed E-state index contributed by atoms with van der Waals surface area (Å²) in [7, 11) is 1.83. The predicted molar refractivity (Wildman–Crippen MR) is 90.7 cm³/mol. The number of nitrogens with two attached hydrogens (primary N) is 1. The first-order valence-electron chi connectivity index (χ1n) is 8.06. The molecule has 26 heavy (non-hydrogen) atoms. The number of aryl methyl sites for hydroxylation is 1. The minimum Gasteiger partial charge on any atom is -0.486 e. The SMILES string of the molecule is Cn1cnc(-c2ccc(O[C@H]3CCN(C(=O)O)C[C@@H]3F)c(C(N)=O)c2)c1. The number of rotatable bonds is 4. The fourth-order valence-electron chi connectivity index (χ4n) is 2.90. The minimum atomic E-state index is -1.49. The number of hydrogen-bond donors (Lipinski definition) is 2. The third-order valence-corrected chi connectivity index (χ3v) is 4.28. The van der Waals surface area contributed by atoms with Crippen molar-refractivity contribution in [1.29, 1.82) is 0 Å². The van der Waals surface area contributed by atoms with Gasteiger partial charge in [0.1, 0.15) is 11.9 Å². The van der Waals surface area contributed by atoms with Crippen molar-refractivity contribution in [2.24, 2.45) is 12.8 Å². The summed E-state index contributed by atoms with van der Waals surface area (Å²) in [5, 5.41) is 8.94. The summed E-state index contributed by atoms with van der Waals surface area (Å²) in [6.07, 6.45) is 0.116. The number of benzene rings is 1. The number of primary amides is 1. The fraction of sp³-hybridized carbons (Fsp3) is 0.353. The van der Waals surface area contributed by atoms with E-state index in [1.807, 2.05) is 7.05 Å². The lowest BCUT2D eigenvalue weighted by atomic mass is 10.0. The Morgan fingerprint density at radius 3 is 2.77 bits per heavy atom. The van der Waals surface area contributed by atoms with Gasteiger partial charge in [-0.25, -0.2) is 14.2 Å². The van der Waals surface area contributed by atoms with E-state index in [1.54, 1.807) is 35.3 Å². The van der Waals surface area contributed by atoms with Gasteiger partial charge in [0.05, 0.1) is 24.1 Å². The van der Waals surface area contributed by atoms with Gasteiger partial charge in [0.25, 0.3) is 5.91 Å². The normalized spacial score (nSPS) is 20.0. The van der Waals surface area contributed by atoms with E-state index < -0.39 is 24.3 Å². The second kappa shape index (κ2) is 7.03. The van der Waals surface area contributed by atoms with E-state index in [0.29, 0.717) is 11.3 Å². The number of likely N-dealkylation sites (tertiary alicyclic amines) is 1. The van der Waals surface area contributed by atoms with Gasteiger partial charge in [-0.15, -0.1) is 0 Å². The Morgan fingerprint density at radius 1 is 1.42 bits per heavy atom. The number of imidazole rings is 1. The molecule has 0 saturated carbocycles. The van der Waals surface area contributed by atoms with Crippen LogP contribution in [0.5, 0.6) is 5.75 Å². The van der Waals surface area contributed by atoms with Crippen LogP contribution in [-0.2, 0) is 7.05 Å². The van der Waals surface area contributed by atoms with Gasteiger partial charge in [-0.1, -0.05) is 0 Å². The number of alkyl halides is 1. The van der Waals surface area contributed by atoms with Gasteiger partial charge in [-0.2, -0.15) is 0 Å². The molecule has 1 fully saturated rings. The number of nitrogens with zero attached hydrogens (tertiary/aromatic N) is 3. The Morgan fingerprint density at radius 2 is 2.19 bits per heavy atom. The first kappa shape index (κ1) is 17.7. The van der Waals surface area contributed by atoms with Crippen molar-refractivity contribution in [3.8, 4) is 17.0 Å². The molecule has 0 unspecified atom stereocenters. The lowest BCUT2D eigenvalue weighted by molar-refractivity contribution is 0.0245. The highest BCUT2D eigenvalue weighted by atomic mass is 19.1. The molecule has 2 amide bonds. The maximum Gasteiger partial charge on any atom is 0.407 e. The molecule has 138 valence electrons. The molecule has 1 aliphatic rings. The molecule has 8 nitrogen and oxygen atoms in total. The van der Waals surface area contributed by atoms with Crippen LogP contribution in [0.1, 0.15) is 16.8 Å². The first-order chi connectivity index (χ1) is 12.3. The van der Waals surface area contributed by atoms with Crippen molar-refractivity contribution in [2.45, 2.75) is 18.7 Å². The molecule has 2 atom stereocenters. The Kier molecular flexibility index (Phi) is 4.79. The molecular formula is C17H19FN4O4. The van der Waals surface area contributed by atoms with Crippen molar-refractivity contribution in [3.63, 3.8) is 0 Å². The summed E-state index contributed by atoms with van der Waals surface area (Å²) < 4.78 is 21.7. The first-order valence-corrected chi connectivity index (χ1v) is 8.06. The number of piperidine rings is 1. The molecule has 1 aliphatic heterocycles. The van der Waals surface area contributed by atoms with Crippen LogP contribution in [0, 0.1) is 0 Å². The van der Waals surface area contributed by atoms with Gasteiger partial charge >= 0.3 is 6.09 Å². The minimum absolute atomic E-state index is 0.126. The van der Waals surface area contributed by atoms with Crippen molar-refractivity contribution < 1.29 is 23.8 Å². The highest BCUT2D eigenvalue weighted by Crippen LogP contribution is 2.28. The van der Waals surface area contributed by atoms with Crippen LogP contribution in [0.3, 0.4) is 0 Å². The molecule has 0 bridgehead atoms. The second-order valence-electron chi connectivity index (χ2n) is 6.19. The Labute approximate surface area is 149 Å². The van der Waals surface area contributed by atoms with Gasteiger partial charge in [0, 0.05) is 31.8 Å². The maximum atomic E-state index is 14.3. The number of carbonyl (C=O) groups is 2. The number of carbonyl (C=O) groups excluding carboxylic acids is 1. The average Bonchev–Trinajstić information content (AvgIpc) is 3.03. The molecule has 9 heteroatoms. The molecule has 1 aromatic carbocycles. The van der Waals surface area contributed by atoms with Crippen LogP contribution < -0.4 is 10.5 Å². The van der Waals surface area contributed by atoms with Crippen LogP contribution in [0.2, 0.25) is 0 Å². The lowest BCUT2D eigenvalue weighted by Crippen LogP contribution is -2.48. The van der Waals surface area contributed by atoms with Crippen molar-refractivity contribution >= 4 is 12.0 Å². The summed E-state index contributed by atoms with van der Waals surface area (Å²) in [4.78, 5) is 28.0. The molecular weight excluding hydrogens is 343 g/mol. The fourth-order valence-corrected chi connectivity index (χ4v) is 2.90. The Hall–Kier alpha value is -3.10. The van der Waals surface area contributed by atoms with E-state index >= 15 is 0 Å². The largest absolute Gasteiger partial charge is 0.486 e. The van der Waals surface area contributed by atoms with Gasteiger partial charge in [-0.05, 0) is 18.2 Å². The van der Waals surface area contributed by atoms with Crippen LogP contribution in [0.15, 0.2) is 30.7 Å². The van der Waals surface area contributed by atoms with Gasteiger partial charge in [0.2, 0.25) is 0 Å². The quantitative estimate of drug-likeness (QED) is 0.859. The number of ether oxygens (including phenoxy) is 1. The second-order valence-corrected chi connectivity index (χ2v) is 6.19. The summed E-state index contributed by atoms with van der Waals surface area (Å²) in [6, 6.07) is 4.82. The molecule has 2 aromatic rings. The van der Waals surface area contributed by atoms with Gasteiger partial charge < -0.3 is 25.0 Å². The van der Waals surface area contributed by atoms with Gasteiger partial charge in [-0.3, -0.25) is 4.79 Å². The van der Waals surface area contributed by atoms with E-state index in [-0.39, 0.29) is 30.8 Å². The predicted octanol–water partition coefficient (Wildman–Crippen LogP) is 1.66. The zero-order chi connectivity index (χ0) is 18.8. The number of halogens is 1. The zero-order valence-corrected chi connectivity index (χ0v) is 14.1. The number of aromatic nitrogens is 2. The van der Waals surface area contributed by atoms with E-state index in [0.717, 1.165) is 4.90 Å². The maximum absolute atomic E-state index is 14.3. The number of carboxylic acid groups (broad SMARTS) is 1. The van der Waals surface area contributed by atoms with E-state index in [4.69, 9.17) is 15.6 Å². The molecule has 0 spiro atoms. The van der Waals surface area contributed by atoms with Crippen LogP contribution in [0.4, 0.5) is 9.18 Å². The van der Waals surface area contributed by atoms with E-state index in [2.05, 4.69) is 4.98 Å². The molecule has 2 heterocycles. The smallest absolute Gasteiger partial charge is 0.407 e. The van der Waals surface area contributed by atoms with E-state index in [9.17, 15) is 14.0 Å². The molecule has 0 aliphatic carbocycles. The summed E-state index contributed by atoms with van der Waals surface area (Å²) in [5.41, 5.74) is 6.92.